The zero-order valence-corrected chi connectivity index (χ0v) is 15.4. The minimum atomic E-state index is -4.79. The summed E-state index contributed by atoms with van der Waals surface area (Å²) in [5.41, 5.74) is 1.40. The van der Waals surface area contributed by atoms with Gasteiger partial charge in [-0.2, -0.15) is 0 Å². The van der Waals surface area contributed by atoms with E-state index in [0.717, 1.165) is 0 Å². The van der Waals surface area contributed by atoms with Gasteiger partial charge in [-0.15, -0.1) is 13.2 Å². The molecule has 1 aliphatic heterocycles. The maximum atomic E-state index is 13.2. The molecule has 0 fully saturated rings. The van der Waals surface area contributed by atoms with E-state index in [1.54, 1.807) is 18.2 Å². The van der Waals surface area contributed by atoms with E-state index in [1.807, 2.05) is 0 Å². The van der Waals surface area contributed by atoms with Crippen LogP contribution in [0.4, 0.5) is 13.2 Å². The number of nitrogens with zero attached hydrogens (tertiary/aromatic N) is 3. The highest BCUT2D eigenvalue weighted by molar-refractivity contribution is 5.98. The molecule has 154 valence electrons. The van der Waals surface area contributed by atoms with Gasteiger partial charge in [0.25, 0.3) is 5.91 Å². The lowest BCUT2D eigenvalue weighted by molar-refractivity contribution is -0.274. The van der Waals surface area contributed by atoms with Crippen LogP contribution in [0.5, 0.6) is 11.5 Å². The minimum Gasteiger partial charge on any atom is -0.491 e. The SMILES string of the molecule is [2H]c1nc(CN2CCOc3ccc(-c4ccc(OC(F)(F)F)cc4)cc3C2=O)nc([2H])c1[2H]. The number of fused-ring (bicyclic) bond motifs is 1. The number of halogens is 3. The number of hydrogen-bond donors (Lipinski definition) is 0. The van der Waals surface area contributed by atoms with Gasteiger partial charge in [0, 0.05) is 12.3 Å². The van der Waals surface area contributed by atoms with Crippen molar-refractivity contribution in [2.75, 3.05) is 13.2 Å². The van der Waals surface area contributed by atoms with Gasteiger partial charge in [-0.3, -0.25) is 4.79 Å². The second-order valence-electron chi connectivity index (χ2n) is 6.35. The van der Waals surface area contributed by atoms with Gasteiger partial charge in [-0.05, 0) is 41.4 Å². The van der Waals surface area contributed by atoms with Crippen molar-refractivity contribution in [2.24, 2.45) is 0 Å². The summed E-state index contributed by atoms with van der Waals surface area (Å²) in [6, 6.07) is 9.75. The van der Waals surface area contributed by atoms with E-state index < -0.39 is 30.7 Å². The van der Waals surface area contributed by atoms with Crippen LogP contribution in [0, 0.1) is 0 Å². The molecule has 6 nitrogen and oxygen atoms in total. The fourth-order valence-electron chi connectivity index (χ4n) is 3.02. The third-order valence-corrected chi connectivity index (χ3v) is 4.35. The fraction of sp³-hybridized carbons (Fsp3) is 0.190. The first kappa shape index (κ1) is 16.2. The molecule has 0 saturated heterocycles. The standard InChI is InChI=1S/C21H16F3N3O3/c22-21(23,24)30-16-5-2-14(3-6-16)15-4-7-18-17(12-15)20(28)27(10-11-29-18)13-19-25-8-1-9-26-19/h1-9,12H,10-11,13H2/i1D,8D,9D. The van der Waals surface area contributed by atoms with Crippen molar-refractivity contribution < 1.29 is 31.6 Å². The van der Waals surface area contributed by atoms with Gasteiger partial charge >= 0.3 is 6.36 Å². The summed E-state index contributed by atoms with van der Waals surface area (Å²) in [6.07, 6.45) is -5.58. The molecular weight excluding hydrogens is 399 g/mol. The molecule has 2 aromatic carbocycles. The molecule has 30 heavy (non-hydrogen) atoms. The van der Waals surface area contributed by atoms with E-state index >= 15 is 0 Å². The van der Waals surface area contributed by atoms with Crippen molar-refractivity contribution in [2.45, 2.75) is 12.9 Å². The molecule has 3 aromatic rings. The van der Waals surface area contributed by atoms with Crippen LogP contribution in [0.2, 0.25) is 0 Å². The highest BCUT2D eigenvalue weighted by Gasteiger charge is 2.31. The predicted octanol–water partition coefficient (Wildman–Crippen LogP) is 4.08. The Bertz CT molecular complexity index is 1180. The fourth-order valence-corrected chi connectivity index (χ4v) is 3.02. The zero-order chi connectivity index (χ0) is 23.8. The summed E-state index contributed by atoms with van der Waals surface area (Å²) in [5.74, 6) is -0.326. The van der Waals surface area contributed by atoms with Crippen molar-refractivity contribution in [3.8, 4) is 22.6 Å². The zero-order valence-electron chi connectivity index (χ0n) is 18.4. The molecule has 2 heterocycles. The number of carbonyl (C=O) groups excluding carboxylic acids is 1. The maximum Gasteiger partial charge on any atom is 0.573 e. The van der Waals surface area contributed by atoms with Crippen LogP contribution in [-0.4, -0.2) is 40.3 Å². The van der Waals surface area contributed by atoms with Gasteiger partial charge in [-0.1, -0.05) is 18.2 Å². The van der Waals surface area contributed by atoms with Crippen LogP contribution in [0.3, 0.4) is 0 Å². The van der Waals surface area contributed by atoms with Gasteiger partial charge in [-0.25, -0.2) is 9.97 Å². The van der Waals surface area contributed by atoms with E-state index in [0.29, 0.717) is 16.9 Å². The molecule has 0 unspecified atom stereocenters. The number of ether oxygens (including phenoxy) is 2. The maximum absolute atomic E-state index is 13.2. The van der Waals surface area contributed by atoms with Gasteiger partial charge in [0.2, 0.25) is 0 Å². The summed E-state index contributed by atoms with van der Waals surface area (Å²) in [7, 11) is 0. The third-order valence-electron chi connectivity index (χ3n) is 4.35. The van der Waals surface area contributed by atoms with Gasteiger partial charge in [0.05, 0.1) is 22.8 Å². The van der Waals surface area contributed by atoms with Gasteiger partial charge in [0.1, 0.15) is 23.9 Å². The summed E-state index contributed by atoms with van der Waals surface area (Å²) < 4.78 is 69.5. The first-order valence-corrected chi connectivity index (χ1v) is 8.84. The Morgan fingerprint density at radius 3 is 2.50 bits per heavy atom. The molecule has 0 atom stereocenters. The quantitative estimate of drug-likeness (QED) is 0.639. The van der Waals surface area contributed by atoms with E-state index in [1.165, 1.54) is 29.2 Å². The molecule has 0 saturated carbocycles. The predicted molar refractivity (Wildman–Crippen MR) is 101 cm³/mol. The number of aromatic nitrogens is 2. The van der Waals surface area contributed by atoms with Crippen molar-refractivity contribution in [3.05, 3.63) is 72.2 Å². The largest absolute Gasteiger partial charge is 0.573 e. The molecule has 0 aliphatic carbocycles. The van der Waals surface area contributed by atoms with E-state index in [9.17, 15) is 18.0 Å². The van der Waals surface area contributed by atoms with Crippen LogP contribution in [0.15, 0.2) is 60.9 Å². The molecule has 0 N–H and O–H groups in total. The van der Waals surface area contributed by atoms with Crippen LogP contribution in [0.25, 0.3) is 11.1 Å². The summed E-state index contributed by atoms with van der Waals surface area (Å²) in [5, 5.41) is 0. The van der Waals surface area contributed by atoms with Crippen molar-refractivity contribution >= 4 is 5.91 Å². The van der Waals surface area contributed by atoms with Crippen LogP contribution in [-0.2, 0) is 6.54 Å². The molecule has 0 bridgehead atoms. The molecule has 1 aliphatic rings. The molecule has 9 heteroatoms. The second-order valence-corrected chi connectivity index (χ2v) is 6.35. The number of carbonyl (C=O) groups is 1. The number of rotatable bonds is 4. The van der Waals surface area contributed by atoms with Crippen LogP contribution < -0.4 is 9.47 Å². The lowest BCUT2D eigenvalue weighted by Crippen LogP contribution is -2.32. The summed E-state index contributed by atoms with van der Waals surface area (Å²) >= 11 is 0. The third kappa shape index (κ3) is 4.51. The Hall–Kier alpha value is -3.62. The lowest BCUT2D eigenvalue weighted by atomic mass is 10.0. The molecular formula is C21H16F3N3O3. The van der Waals surface area contributed by atoms with Crippen molar-refractivity contribution in [1.82, 2.24) is 14.9 Å². The molecule has 1 amide bonds. The minimum absolute atomic E-state index is 0.0641. The number of alkyl halides is 3. The Morgan fingerprint density at radius 1 is 1.10 bits per heavy atom. The van der Waals surface area contributed by atoms with E-state index in [-0.39, 0.29) is 36.8 Å². The van der Waals surface area contributed by atoms with Crippen LogP contribution in [0.1, 0.15) is 20.3 Å². The second kappa shape index (κ2) is 8.02. The smallest absolute Gasteiger partial charge is 0.491 e. The van der Waals surface area contributed by atoms with Crippen molar-refractivity contribution in [3.63, 3.8) is 0 Å². The first-order chi connectivity index (χ1) is 15.6. The lowest BCUT2D eigenvalue weighted by Gasteiger charge is -2.19. The van der Waals surface area contributed by atoms with Gasteiger partial charge < -0.3 is 14.4 Å². The number of hydrogen-bond acceptors (Lipinski definition) is 5. The monoisotopic (exact) mass is 418 g/mol. The Balaban J connectivity index is 1.60. The average molecular weight is 418 g/mol. The first-order valence-electron chi connectivity index (χ1n) is 10.3. The molecule has 1 aromatic heterocycles. The topological polar surface area (TPSA) is 64.6 Å². The average Bonchev–Trinajstić information content (AvgIpc) is 2.90. The van der Waals surface area contributed by atoms with Crippen molar-refractivity contribution in [1.29, 1.82) is 0 Å². The number of benzene rings is 2. The Labute approximate surface area is 174 Å². The van der Waals surface area contributed by atoms with Crippen LogP contribution >= 0.6 is 0 Å². The summed E-state index contributed by atoms with van der Waals surface area (Å²) in [4.78, 5) is 22.3. The molecule has 0 spiro atoms. The summed E-state index contributed by atoms with van der Waals surface area (Å²) in [6.45, 7) is 0.325. The molecule has 0 radical (unpaired) electrons. The normalized spacial score (nSPS) is 15.4. The molecule has 4 rings (SSSR count). The number of amides is 1. The highest BCUT2D eigenvalue weighted by Crippen LogP contribution is 2.31. The van der Waals surface area contributed by atoms with E-state index in [4.69, 9.17) is 8.85 Å². The Morgan fingerprint density at radius 2 is 1.80 bits per heavy atom. The van der Waals surface area contributed by atoms with E-state index in [2.05, 4.69) is 14.7 Å². The van der Waals surface area contributed by atoms with Gasteiger partial charge in [0.15, 0.2) is 0 Å². The highest BCUT2D eigenvalue weighted by atomic mass is 19.4. The Kier molecular flexibility index (Phi) is 4.33.